The zero-order valence-electron chi connectivity index (χ0n) is 15.6. The van der Waals surface area contributed by atoms with Crippen molar-refractivity contribution in [2.45, 2.75) is 31.8 Å². The van der Waals surface area contributed by atoms with Gasteiger partial charge in [0.1, 0.15) is 5.54 Å². The first-order valence-corrected chi connectivity index (χ1v) is 10.2. The lowest BCUT2D eigenvalue weighted by atomic mass is 9.87. The maximum absolute atomic E-state index is 13.2. The first-order valence-electron chi connectivity index (χ1n) is 9.29. The van der Waals surface area contributed by atoms with Crippen molar-refractivity contribution in [3.8, 4) is 0 Å². The van der Waals surface area contributed by atoms with Crippen LogP contribution in [-0.4, -0.2) is 21.8 Å². The van der Waals surface area contributed by atoms with Gasteiger partial charge in [-0.2, -0.15) is 0 Å². The smallest absolute Gasteiger partial charge is 0.319 e. The highest BCUT2D eigenvalue weighted by atomic mass is 32.1. The Morgan fingerprint density at radius 1 is 1.04 bits per heavy atom. The number of benzene rings is 2. The average molecular weight is 391 g/mol. The Kier molecular flexibility index (Phi) is 4.96. The van der Waals surface area contributed by atoms with Gasteiger partial charge in [-0.15, -0.1) is 11.3 Å². The molecule has 6 heteroatoms. The Bertz CT molecular complexity index is 987. The van der Waals surface area contributed by atoms with Gasteiger partial charge in [0.2, 0.25) is 0 Å². The van der Waals surface area contributed by atoms with Crippen molar-refractivity contribution in [2.24, 2.45) is 0 Å². The van der Waals surface area contributed by atoms with Gasteiger partial charge in [-0.25, -0.2) is 9.78 Å². The molecule has 1 unspecified atom stereocenters. The van der Waals surface area contributed by atoms with E-state index in [1.165, 1.54) is 10.5 Å². The molecule has 1 N–H and O–H groups in total. The van der Waals surface area contributed by atoms with Crippen LogP contribution in [-0.2, 0) is 23.3 Å². The molecule has 3 amide bonds. The SMILES string of the molecule is CCC1(c2ccccc2)NC(=O)N(Cc2csc(Cc3ccccc3)n2)C1=O. The number of rotatable bonds is 6. The largest absolute Gasteiger partial charge is 0.325 e. The fourth-order valence-corrected chi connectivity index (χ4v) is 4.39. The Morgan fingerprint density at radius 3 is 2.39 bits per heavy atom. The molecule has 142 valence electrons. The van der Waals surface area contributed by atoms with Gasteiger partial charge in [0, 0.05) is 11.8 Å². The summed E-state index contributed by atoms with van der Waals surface area (Å²) in [6.45, 7) is 2.10. The van der Waals surface area contributed by atoms with Crippen molar-refractivity contribution < 1.29 is 9.59 Å². The van der Waals surface area contributed by atoms with E-state index >= 15 is 0 Å². The normalized spacial score (nSPS) is 19.1. The summed E-state index contributed by atoms with van der Waals surface area (Å²) in [6, 6.07) is 19.2. The lowest BCUT2D eigenvalue weighted by Gasteiger charge is -2.25. The second-order valence-corrected chi connectivity index (χ2v) is 7.78. The summed E-state index contributed by atoms with van der Waals surface area (Å²) in [5.41, 5.74) is 1.73. The molecule has 0 aliphatic carbocycles. The van der Waals surface area contributed by atoms with Gasteiger partial charge in [-0.05, 0) is 17.5 Å². The van der Waals surface area contributed by atoms with Crippen LogP contribution >= 0.6 is 11.3 Å². The van der Waals surface area contributed by atoms with Crippen LogP contribution in [0.5, 0.6) is 0 Å². The minimum Gasteiger partial charge on any atom is -0.319 e. The van der Waals surface area contributed by atoms with Crippen LogP contribution in [0.25, 0.3) is 0 Å². The lowest BCUT2D eigenvalue weighted by molar-refractivity contribution is -0.132. The zero-order chi connectivity index (χ0) is 19.6. The van der Waals surface area contributed by atoms with Crippen molar-refractivity contribution >= 4 is 23.3 Å². The maximum atomic E-state index is 13.2. The van der Waals surface area contributed by atoms with Crippen LogP contribution in [0.2, 0.25) is 0 Å². The topological polar surface area (TPSA) is 62.3 Å². The predicted octanol–water partition coefficient (Wildman–Crippen LogP) is 4.09. The molecule has 2 aromatic carbocycles. The van der Waals surface area contributed by atoms with Gasteiger partial charge in [0.05, 0.1) is 17.2 Å². The molecular formula is C22H21N3O2S. The fraction of sp³-hybridized carbons (Fsp3) is 0.227. The van der Waals surface area contributed by atoms with Crippen LogP contribution < -0.4 is 5.32 Å². The highest BCUT2D eigenvalue weighted by Gasteiger charge is 2.51. The number of hydrogen-bond donors (Lipinski definition) is 1. The maximum Gasteiger partial charge on any atom is 0.325 e. The zero-order valence-corrected chi connectivity index (χ0v) is 16.4. The van der Waals surface area contributed by atoms with E-state index in [9.17, 15) is 9.59 Å². The summed E-state index contributed by atoms with van der Waals surface area (Å²) in [6.07, 6.45) is 1.24. The summed E-state index contributed by atoms with van der Waals surface area (Å²) < 4.78 is 0. The van der Waals surface area contributed by atoms with Crippen LogP contribution in [0.1, 0.15) is 35.2 Å². The second kappa shape index (κ2) is 7.56. The minimum absolute atomic E-state index is 0.185. The first kappa shape index (κ1) is 18.4. The summed E-state index contributed by atoms with van der Waals surface area (Å²) in [5, 5.41) is 5.81. The van der Waals surface area contributed by atoms with Crippen LogP contribution in [0.4, 0.5) is 4.79 Å². The van der Waals surface area contributed by atoms with Crippen LogP contribution in [0.3, 0.4) is 0 Å². The van der Waals surface area contributed by atoms with Crippen molar-refractivity contribution in [3.05, 3.63) is 87.9 Å². The van der Waals surface area contributed by atoms with Gasteiger partial charge in [-0.1, -0.05) is 67.6 Å². The number of nitrogens with one attached hydrogen (secondary N) is 1. The van der Waals surface area contributed by atoms with E-state index in [-0.39, 0.29) is 18.5 Å². The number of imide groups is 1. The molecule has 1 aliphatic heterocycles. The van der Waals surface area contributed by atoms with Crippen molar-refractivity contribution in [1.82, 2.24) is 15.2 Å². The quantitative estimate of drug-likeness (QED) is 0.644. The molecule has 0 saturated carbocycles. The van der Waals surface area contributed by atoms with Gasteiger partial charge in [0.25, 0.3) is 5.91 Å². The molecule has 1 fully saturated rings. The van der Waals surface area contributed by atoms with E-state index in [2.05, 4.69) is 22.4 Å². The molecule has 28 heavy (non-hydrogen) atoms. The standard InChI is InChI=1S/C22H21N3O2S/c1-2-22(17-11-7-4-8-12-17)20(26)25(21(27)24-22)14-18-15-28-19(23-18)13-16-9-5-3-6-10-16/h3-12,15H,2,13-14H2,1H3,(H,24,27). The highest BCUT2D eigenvalue weighted by molar-refractivity contribution is 7.09. The molecule has 5 nitrogen and oxygen atoms in total. The molecule has 1 saturated heterocycles. The van der Waals surface area contributed by atoms with Gasteiger partial charge >= 0.3 is 6.03 Å². The molecule has 1 atom stereocenters. The number of nitrogens with zero attached hydrogens (tertiary/aromatic N) is 2. The number of carbonyl (C=O) groups is 2. The number of thiazole rings is 1. The van der Waals surface area contributed by atoms with E-state index in [4.69, 9.17) is 0 Å². The molecule has 1 aromatic heterocycles. The molecule has 1 aliphatic rings. The molecule has 0 radical (unpaired) electrons. The van der Waals surface area contributed by atoms with Crippen molar-refractivity contribution in [3.63, 3.8) is 0 Å². The van der Waals surface area contributed by atoms with Crippen LogP contribution in [0, 0.1) is 0 Å². The Labute approximate surface area is 168 Å². The lowest BCUT2D eigenvalue weighted by Crippen LogP contribution is -2.43. The molecule has 0 spiro atoms. The van der Waals surface area contributed by atoms with Crippen molar-refractivity contribution in [1.29, 1.82) is 0 Å². The van der Waals surface area contributed by atoms with E-state index in [0.717, 1.165) is 22.7 Å². The number of amides is 3. The van der Waals surface area contributed by atoms with Crippen LogP contribution in [0.15, 0.2) is 66.0 Å². The molecule has 0 bridgehead atoms. The summed E-state index contributed by atoms with van der Waals surface area (Å²) in [5.74, 6) is -0.219. The average Bonchev–Trinajstić information content (AvgIpc) is 3.27. The Balaban J connectivity index is 1.53. The molecule has 3 aromatic rings. The Hall–Kier alpha value is -2.99. The highest BCUT2D eigenvalue weighted by Crippen LogP contribution is 2.33. The predicted molar refractivity (Wildman–Crippen MR) is 109 cm³/mol. The fourth-order valence-electron chi connectivity index (χ4n) is 3.57. The van der Waals surface area contributed by atoms with Gasteiger partial charge in [0.15, 0.2) is 0 Å². The first-order chi connectivity index (χ1) is 13.6. The third kappa shape index (κ3) is 3.31. The molecular weight excluding hydrogens is 370 g/mol. The van der Waals surface area contributed by atoms with Gasteiger partial charge in [-0.3, -0.25) is 9.69 Å². The summed E-state index contributed by atoms with van der Waals surface area (Å²) in [4.78, 5) is 31.7. The van der Waals surface area contributed by atoms with Crippen molar-refractivity contribution in [2.75, 3.05) is 0 Å². The number of aromatic nitrogens is 1. The van der Waals surface area contributed by atoms with E-state index in [1.807, 2.05) is 60.8 Å². The number of urea groups is 1. The summed E-state index contributed by atoms with van der Waals surface area (Å²) in [7, 11) is 0. The third-order valence-electron chi connectivity index (χ3n) is 5.09. The number of hydrogen-bond acceptors (Lipinski definition) is 4. The Morgan fingerprint density at radius 2 is 1.71 bits per heavy atom. The van der Waals surface area contributed by atoms with E-state index in [1.54, 1.807) is 11.3 Å². The van der Waals surface area contributed by atoms with Gasteiger partial charge < -0.3 is 5.32 Å². The molecule has 2 heterocycles. The van der Waals surface area contributed by atoms with E-state index in [0.29, 0.717) is 6.42 Å². The minimum atomic E-state index is -0.999. The summed E-state index contributed by atoms with van der Waals surface area (Å²) >= 11 is 1.55. The second-order valence-electron chi connectivity index (χ2n) is 6.84. The third-order valence-corrected chi connectivity index (χ3v) is 5.99. The monoisotopic (exact) mass is 391 g/mol. The van der Waals surface area contributed by atoms with E-state index < -0.39 is 5.54 Å². The molecule has 4 rings (SSSR count). The number of carbonyl (C=O) groups excluding carboxylic acids is 2.